The maximum atomic E-state index is 13.2. The van der Waals surface area contributed by atoms with Crippen molar-refractivity contribution < 1.29 is 4.74 Å². The van der Waals surface area contributed by atoms with Gasteiger partial charge in [0.05, 0.1) is 19.3 Å². The molecular weight excluding hydrogens is 342 g/mol. The highest BCUT2D eigenvalue weighted by Gasteiger charge is 2.33. The largest absolute Gasteiger partial charge is 0.497 e. The molecular formula is C20H19N5O2. The zero-order valence-electron chi connectivity index (χ0n) is 15.0. The summed E-state index contributed by atoms with van der Waals surface area (Å²) in [6, 6.07) is 15.6. The molecule has 0 aliphatic carbocycles. The van der Waals surface area contributed by atoms with E-state index in [1.807, 2.05) is 48.5 Å². The first-order valence-electron chi connectivity index (χ1n) is 9.01. The van der Waals surface area contributed by atoms with Crippen molar-refractivity contribution in [2.24, 2.45) is 4.99 Å². The molecule has 0 amide bonds. The van der Waals surface area contributed by atoms with Gasteiger partial charge >= 0.3 is 5.69 Å². The summed E-state index contributed by atoms with van der Waals surface area (Å²) in [6.45, 7) is 2.02. The molecule has 0 fully saturated rings. The number of hydrogen-bond donors (Lipinski definition) is 0. The van der Waals surface area contributed by atoms with Crippen molar-refractivity contribution in [2.75, 3.05) is 25.1 Å². The molecule has 0 atom stereocenters. The number of ether oxygens (including phenoxy) is 1. The Labute approximate surface area is 156 Å². The summed E-state index contributed by atoms with van der Waals surface area (Å²) >= 11 is 0. The maximum Gasteiger partial charge on any atom is 0.352 e. The van der Waals surface area contributed by atoms with Crippen molar-refractivity contribution in [1.82, 2.24) is 14.3 Å². The van der Waals surface area contributed by atoms with Crippen LogP contribution in [0.1, 0.15) is 17.5 Å². The van der Waals surface area contributed by atoms with Crippen molar-refractivity contribution in [3.63, 3.8) is 0 Å². The van der Waals surface area contributed by atoms with Crippen LogP contribution in [0.15, 0.2) is 58.3 Å². The third kappa shape index (κ3) is 2.46. The molecule has 5 rings (SSSR count). The van der Waals surface area contributed by atoms with Crippen LogP contribution in [0.2, 0.25) is 0 Å². The molecule has 3 heterocycles. The number of nitrogens with zero attached hydrogens (tertiary/aromatic N) is 5. The second-order valence-corrected chi connectivity index (χ2v) is 6.65. The number of anilines is 1. The maximum absolute atomic E-state index is 13.2. The predicted molar refractivity (Wildman–Crippen MR) is 103 cm³/mol. The SMILES string of the molecule is COc1ccc(Cn2nc3n(c2=O)-c2ccccc2C2=NCCCN23)cc1. The van der Waals surface area contributed by atoms with Gasteiger partial charge in [0, 0.05) is 18.7 Å². The Hall–Kier alpha value is -3.35. The Kier molecular flexibility index (Phi) is 3.60. The van der Waals surface area contributed by atoms with Gasteiger partial charge in [0.25, 0.3) is 0 Å². The van der Waals surface area contributed by atoms with Gasteiger partial charge in [0.1, 0.15) is 11.6 Å². The van der Waals surface area contributed by atoms with Gasteiger partial charge in [-0.1, -0.05) is 24.3 Å². The minimum absolute atomic E-state index is 0.141. The third-order valence-corrected chi connectivity index (χ3v) is 5.00. The van der Waals surface area contributed by atoms with Gasteiger partial charge in [-0.15, -0.1) is 5.10 Å². The highest BCUT2D eigenvalue weighted by atomic mass is 16.5. The molecule has 136 valence electrons. The lowest BCUT2D eigenvalue weighted by atomic mass is 10.1. The van der Waals surface area contributed by atoms with E-state index in [-0.39, 0.29) is 5.69 Å². The van der Waals surface area contributed by atoms with E-state index in [2.05, 4.69) is 10.00 Å². The molecule has 2 aromatic carbocycles. The van der Waals surface area contributed by atoms with Crippen LogP contribution in [0.4, 0.5) is 5.95 Å². The first kappa shape index (κ1) is 15.9. The Morgan fingerprint density at radius 2 is 1.93 bits per heavy atom. The fraction of sp³-hybridized carbons (Fsp3) is 0.250. The summed E-state index contributed by atoms with van der Waals surface area (Å²) in [5, 5.41) is 4.65. The van der Waals surface area contributed by atoms with Gasteiger partial charge in [0.15, 0.2) is 0 Å². The summed E-state index contributed by atoms with van der Waals surface area (Å²) in [4.78, 5) is 19.9. The van der Waals surface area contributed by atoms with Crippen LogP contribution < -0.4 is 15.3 Å². The normalized spacial score (nSPS) is 14.9. The number of rotatable bonds is 3. The molecule has 2 aliphatic rings. The molecule has 27 heavy (non-hydrogen) atoms. The van der Waals surface area contributed by atoms with Crippen molar-refractivity contribution in [3.8, 4) is 11.4 Å². The highest BCUT2D eigenvalue weighted by molar-refractivity contribution is 6.13. The number of aromatic nitrogens is 3. The van der Waals surface area contributed by atoms with Gasteiger partial charge in [-0.05, 0) is 36.2 Å². The van der Waals surface area contributed by atoms with Crippen LogP contribution in [-0.4, -0.2) is 40.4 Å². The van der Waals surface area contributed by atoms with E-state index in [9.17, 15) is 4.79 Å². The predicted octanol–water partition coefficient (Wildman–Crippen LogP) is 2.06. The topological polar surface area (TPSA) is 64.6 Å². The first-order chi connectivity index (χ1) is 13.3. The van der Waals surface area contributed by atoms with Crippen LogP contribution in [0.3, 0.4) is 0 Å². The molecule has 7 nitrogen and oxygen atoms in total. The van der Waals surface area contributed by atoms with Gasteiger partial charge in [-0.3, -0.25) is 9.89 Å². The average molecular weight is 361 g/mol. The summed E-state index contributed by atoms with van der Waals surface area (Å²) in [6.07, 6.45) is 0.950. The number of hydrogen-bond acceptors (Lipinski definition) is 5. The van der Waals surface area contributed by atoms with E-state index in [0.29, 0.717) is 12.5 Å². The quantitative estimate of drug-likeness (QED) is 0.716. The van der Waals surface area contributed by atoms with Crippen molar-refractivity contribution in [3.05, 3.63) is 70.1 Å². The van der Waals surface area contributed by atoms with Gasteiger partial charge in [0.2, 0.25) is 5.95 Å². The van der Waals surface area contributed by atoms with Crippen LogP contribution in [-0.2, 0) is 6.54 Å². The lowest BCUT2D eigenvalue weighted by Gasteiger charge is -2.33. The highest BCUT2D eigenvalue weighted by Crippen LogP contribution is 2.29. The molecule has 0 bridgehead atoms. The molecule has 0 spiro atoms. The Balaban J connectivity index is 1.62. The second kappa shape index (κ2) is 6.12. The summed E-state index contributed by atoms with van der Waals surface area (Å²) in [5.74, 6) is 2.34. The lowest BCUT2D eigenvalue weighted by Crippen LogP contribution is -2.42. The smallest absolute Gasteiger partial charge is 0.352 e. The Morgan fingerprint density at radius 3 is 2.74 bits per heavy atom. The zero-order chi connectivity index (χ0) is 18.4. The molecule has 0 saturated heterocycles. The van der Waals surface area contributed by atoms with Crippen molar-refractivity contribution in [1.29, 1.82) is 0 Å². The van der Waals surface area contributed by atoms with E-state index < -0.39 is 0 Å². The van der Waals surface area contributed by atoms with Gasteiger partial charge < -0.3 is 4.74 Å². The third-order valence-electron chi connectivity index (χ3n) is 5.00. The molecule has 3 aromatic rings. The summed E-state index contributed by atoms with van der Waals surface area (Å²) in [5.41, 5.74) is 2.68. The number of fused-ring (bicyclic) bond motifs is 6. The standard InChI is InChI=1S/C20H19N5O2/c1-27-15-9-7-14(8-10-15)13-24-20(26)25-17-6-3-2-5-16(17)18-21-11-4-12-23(18)19(25)22-24/h2-3,5-10H,4,11-13H2,1H3. The molecule has 0 N–H and O–H groups in total. The van der Waals surface area contributed by atoms with E-state index in [4.69, 9.17) is 9.73 Å². The van der Waals surface area contributed by atoms with Gasteiger partial charge in [-0.25, -0.2) is 14.0 Å². The zero-order valence-corrected chi connectivity index (χ0v) is 15.0. The first-order valence-corrected chi connectivity index (χ1v) is 9.01. The molecule has 7 heteroatoms. The number of aliphatic imine (C=N–C) groups is 1. The monoisotopic (exact) mass is 361 g/mol. The van der Waals surface area contributed by atoms with Crippen molar-refractivity contribution >= 4 is 11.8 Å². The van der Waals surface area contributed by atoms with Crippen molar-refractivity contribution in [2.45, 2.75) is 13.0 Å². The number of amidine groups is 1. The summed E-state index contributed by atoms with van der Waals surface area (Å²) < 4.78 is 8.42. The Morgan fingerprint density at radius 1 is 1.11 bits per heavy atom. The van der Waals surface area contributed by atoms with E-state index >= 15 is 0 Å². The van der Waals surface area contributed by atoms with E-state index in [1.165, 1.54) is 4.68 Å². The number of para-hydroxylation sites is 1. The van der Waals surface area contributed by atoms with Crippen LogP contribution in [0.5, 0.6) is 5.75 Å². The number of benzene rings is 2. The minimum atomic E-state index is -0.141. The molecule has 0 unspecified atom stereocenters. The molecule has 0 saturated carbocycles. The lowest BCUT2D eigenvalue weighted by molar-refractivity contribution is 0.414. The van der Waals surface area contributed by atoms with E-state index in [0.717, 1.165) is 47.9 Å². The Bertz CT molecular complexity index is 1090. The minimum Gasteiger partial charge on any atom is -0.497 e. The summed E-state index contributed by atoms with van der Waals surface area (Å²) in [7, 11) is 1.64. The van der Waals surface area contributed by atoms with E-state index in [1.54, 1.807) is 11.7 Å². The van der Waals surface area contributed by atoms with Crippen LogP contribution in [0.25, 0.3) is 5.69 Å². The fourth-order valence-electron chi connectivity index (χ4n) is 3.68. The average Bonchev–Trinajstić information content (AvgIpc) is 3.05. The van der Waals surface area contributed by atoms with Crippen LogP contribution in [0, 0.1) is 0 Å². The molecule has 1 aromatic heterocycles. The number of methoxy groups -OCH3 is 1. The molecule has 2 aliphatic heterocycles. The second-order valence-electron chi connectivity index (χ2n) is 6.65. The fourth-order valence-corrected chi connectivity index (χ4v) is 3.68. The van der Waals surface area contributed by atoms with Gasteiger partial charge in [-0.2, -0.15) is 0 Å². The molecule has 0 radical (unpaired) electrons. The van der Waals surface area contributed by atoms with Crippen LogP contribution >= 0.6 is 0 Å².